The minimum Gasteiger partial charge on any atom is -0.351 e. The van der Waals surface area contributed by atoms with Crippen LogP contribution in [0, 0.1) is 5.92 Å². The van der Waals surface area contributed by atoms with Crippen LogP contribution < -0.4 is 5.32 Å². The van der Waals surface area contributed by atoms with Crippen molar-refractivity contribution in [3.05, 3.63) is 47.6 Å². The van der Waals surface area contributed by atoms with Gasteiger partial charge >= 0.3 is 0 Å². The van der Waals surface area contributed by atoms with Gasteiger partial charge in [0.25, 0.3) is 5.91 Å². The SMILES string of the molecule is O=C(NCC1CCCCC1)c1cc([C@@H]2CCCN(Cc3cccnc3)C2)no1. The molecule has 1 amide bonds. The molecule has 0 spiro atoms. The average Bonchev–Trinajstić information content (AvgIpc) is 3.24. The van der Waals surface area contributed by atoms with Gasteiger partial charge in [-0.15, -0.1) is 0 Å². The second-order valence-corrected chi connectivity index (χ2v) is 8.27. The van der Waals surface area contributed by atoms with Crippen LogP contribution >= 0.6 is 0 Å². The monoisotopic (exact) mass is 382 g/mol. The molecule has 1 saturated carbocycles. The Kier molecular flexibility index (Phi) is 6.37. The minimum atomic E-state index is -0.132. The van der Waals surface area contributed by atoms with E-state index in [1.807, 2.05) is 18.3 Å². The van der Waals surface area contributed by atoms with Gasteiger partial charge < -0.3 is 9.84 Å². The molecule has 0 bridgehead atoms. The van der Waals surface area contributed by atoms with E-state index < -0.39 is 0 Å². The first-order valence-electron chi connectivity index (χ1n) is 10.6. The molecule has 2 fully saturated rings. The largest absolute Gasteiger partial charge is 0.351 e. The van der Waals surface area contributed by atoms with Crippen molar-refractivity contribution in [1.29, 1.82) is 0 Å². The maximum absolute atomic E-state index is 12.4. The molecular formula is C22H30N4O2. The molecule has 1 N–H and O–H groups in total. The molecule has 0 aromatic carbocycles. The van der Waals surface area contributed by atoms with Crippen molar-refractivity contribution < 1.29 is 9.32 Å². The second-order valence-electron chi connectivity index (χ2n) is 8.27. The molecule has 2 aromatic heterocycles. The van der Waals surface area contributed by atoms with E-state index in [2.05, 4.69) is 26.4 Å². The normalized spacial score (nSPS) is 21.5. The lowest BCUT2D eigenvalue weighted by molar-refractivity contribution is 0.0906. The summed E-state index contributed by atoms with van der Waals surface area (Å²) in [6.07, 6.45) is 12.3. The van der Waals surface area contributed by atoms with Gasteiger partial charge in [-0.2, -0.15) is 0 Å². The molecule has 0 radical (unpaired) electrons. The van der Waals surface area contributed by atoms with Crippen LogP contribution in [0.5, 0.6) is 0 Å². The number of nitrogens with one attached hydrogen (secondary N) is 1. The Labute approximate surface area is 166 Å². The highest BCUT2D eigenvalue weighted by molar-refractivity contribution is 5.91. The lowest BCUT2D eigenvalue weighted by Gasteiger charge is -2.31. The number of amides is 1. The van der Waals surface area contributed by atoms with Gasteiger partial charge in [0, 0.05) is 44.0 Å². The Hall–Kier alpha value is -2.21. The number of carbonyl (C=O) groups is 1. The highest BCUT2D eigenvalue weighted by atomic mass is 16.5. The molecule has 1 saturated heterocycles. The molecule has 3 heterocycles. The van der Waals surface area contributed by atoms with Crippen LogP contribution in [-0.2, 0) is 6.54 Å². The van der Waals surface area contributed by atoms with E-state index in [1.54, 1.807) is 6.20 Å². The maximum Gasteiger partial charge on any atom is 0.289 e. The summed E-state index contributed by atoms with van der Waals surface area (Å²) in [5.41, 5.74) is 2.13. The van der Waals surface area contributed by atoms with Crippen LogP contribution in [-0.4, -0.2) is 40.6 Å². The van der Waals surface area contributed by atoms with Crippen molar-refractivity contribution in [2.24, 2.45) is 5.92 Å². The first kappa shape index (κ1) is 19.1. The highest BCUT2D eigenvalue weighted by Gasteiger charge is 2.25. The van der Waals surface area contributed by atoms with Gasteiger partial charge in [-0.1, -0.05) is 30.5 Å². The van der Waals surface area contributed by atoms with Crippen molar-refractivity contribution in [3.8, 4) is 0 Å². The molecule has 1 atom stereocenters. The number of pyridine rings is 1. The third-order valence-electron chi connectivity index (χ3n) is 6.08. The van der Waals surface area contributed by atoms with E-state index in [-0.39, 0.29) is 5.91 Å². The number of piperidine rings is 1. The summed E-state index contributed by atoms with van der Waals surface area (Å²) in [4.78, 5) is 19.1. The molecule has 4 rings (SSSR count). The van der Waals surface area contributed by atoms with Crippen molar-refractivity contribution in [1.82, 2.24) is 20.4 Å². The van der Waals surface area contributed by atoms with Crippen LogP contribution in [0.2, 0.25) is 0 Å². The Bertz CT molecular complexity index is 755. The maximum atomic E-state index is 12.4. The number of likely N-dealkylation sites (tertiary alicyclic amines) is 1. The molecule has 2 aliphatic rings. The third-order valence-corrected chi connectivity index (χ3v) is 6.08. The Morgan fingerprint density at radius 2 is 2.11 bits per heavy atom. The lowest BCUT2D eigenvalue weighted by Crippen LogP contribution is -2.34. The number of carbonyl (C=O) groups excluding carboxylic acids is 1. The van der Waals surface area contributed by atoms with Crippen molar-refractivity contribution >= 4 is 5.91 Å². The molecule has 2 aromatic rings. The predicted octanol–water partition coefficient (Wildman–Crippen LogP) is 3.76. The zero-order chi connectivity index (χ0) is 19.2. The summed E-state index contributed by atoms with van der Waals surface area (Å²) in [7, 11) is 0. The van der Waals surface area contributed by atoms with Gasteiger partial charge in [-0.05, 0) is 49.8 Å². The van der Waals surface area contributed by atoms with Crippen LogP contribution in [0.1, 0.15) is 72.7 Å². The molecule has 1 aliphatic heterocycles. The van der Waals surface area contributed by atoms with Gasteiger partial charge in [0.1, 0.15) is 0 Å². The zero-order valence-corrected chi connectivity index (χ0v) is 16.5. The third kappa shape index (κ3) is 4.98. The molecule has 150 valence electrons. The van der Waals surface area contributed by atoms with Crippen molar-refractivity contribution in [2.75, 3.05) is 19.6 Å². The lowest BCUT2D eigenvalue weighted by atomic mass is 9.89. The number of aromatic nitrogens is 2. The molecular weight excluding hydrogens is 352 g/mol. The first-order chi connectivity index (χ1) is 13.8. The smallest absolute Gasteiger partial charge is 0.289 e. The van der Waals surface area contributed by atoms with Gasteiger partial charge in [-0.3, -0.25) is 14.7 Å². The van der Waals surface area contributed by atoms with Gasteiger partial charge in [0.05, 0.1) is 5.69 Å². The standard InChI is InChI=1S/C22H30N4O2/c27-22(24-14-17-6-2-1-3-7-17)21-12-20(25-28-21)19-9-5-11-26(16-19)15-18-8-4-10-23-13-18/h4,8,10,12-13,17,19H,1-3,5-7,9,11,14-16H2,(H,24,27)/t19-/m1/s1. The number of rotatable bonds is 6. The predicted molar refractivity (Wildman–Crippen MR) is 107 cm³/mol. The van der Waals surface area contributed by atoms with Gasteiger partial charge in [-0.25, -0.2) is 0 Å². The molecule has 1 aliphatic carbocycles. The average molecular weight is 383 g/mol. The number of nitrogens with zero attached hydrogens (tertiary/aromatic N) is 3. The summed E-state index contributed by atoms with van der Waals surface area (Å²) in [5, 5.41) is 7.26. The van der Waals surface area contributed by atoms with E-state index in [9.17, 15) is 4.79 Å². The Morgan fingerprint density at radius 3 is 2.93 bits per heavy atom. The summed E-state index contributed by atoms with van der Waals surface area (Å²) in [6, 6.07) is 5.93. The summed E-state index contributed by atoms with van der Waals surface area (Å²) >= 11 is 0. The van der Waals surface area contributed by atoms with Crippen LogP contribution in [0.4, 0.5) is 0 Å². The quantitative estimate of drug-likeness (QED) is 0.824. The van der Waals surface area contributed by atoms with Crippen molar-refractivity contribution in [3.63, 3.8) is 0 Å². The van der Waals surface area contributed by atoms with E-state index in [0.717, 1.165) is 44.7 Å². The van der Waals surface area contributed by atoms with Gasteiger partial charge in [0.15, 0.2) is 0 Å². The van der Waals surface area contributed by atoms with Crippen LogP contribution in [0.25, 0.3) is 0 Å². The fraction of sp³-hybridized carbons (Fsp3) is 0.591. The summed E-state index contributed by atoms with van der Waals surface area (Å²) < 4.78 is 5.38. The minimum absolute atomic E-state index is 0.132. The zero-order valence-electron chi connectivity index (χ0n) is 16.5. The molecule has 6 nitrogen and oxygen atoms in total. The summed E-state index contributed by atoms with van der Waals surface area (Å²) in [6.45, 7) is 3.66. The van der Waals surface area contributed by atoms with E-state index in [1.165, 1.54) is 37.7 Å². The number of hydrogen-bond donors (Lipinski definition) is 1. The highest BCUT2D eigenvalue weighted by Crippen LogP contribution is 2.28. The topological polar surface area (TPSA) is 71.3 Å². The Morgan fingerprint density at radius 1 is 1.21 bits per heavy atom. The second kappa shape index (κ2) is 9.32. The fourth-order valence-corrected chi connectivity index (χ4v) is 4.49. The van der Waals surface area contributed by atoms with E-state index in [0.29, 0.717) is 17.6 Å². The van der Waals surface area contributed by atoms with Gasteiger partial charge in [0.2, 0.25) is 5.76 Å². The van der Waals surface area contributed by atoms with Crippen molar-refractivity contribution in [2.45, 2.75) is 57.4 Å². The summed E-state index contributed by atoms with van der Waals surface area (Å²) in [5.74, 6) is 1.14. The molecule has 0 unspecified atom stereocenters. The van der Waals surface area contributed by atoms with E-state index in [4.69, 9.17) is 4.52 Å². The van der Waals surface area contributed by atoms with Crippen LogP contribution in [0.3, 0.4) is 0 Å². The Balaban J connectivity index is 1.30. The van der Waals surface area contributed by atoms with E-state index >= 15 is 0 Å². The fourth-order valence-electron chi connectivity index (χ4n) is 4.49. The molecule has 28 heavy (non-hydrogen) atoms. The first-order valence-corrected chi connectivity index (χ1v) is 10.6. The molecule has 6 heteroatoms. The number of hydrogen-bond acceptors (Lipinski definition) is 5. The van der Waals surface area contributed by atoms with Crippen LogP contribution in [0.15, 0.2) is 35.1 Å².